The Bertz CT molecular complexity index is 1410. The molecule has 0 unspecified atom stereocenters. The minimum absolute atomic E-state index is 0.0167. The summed E-state index contributed by atoms with van der Waals surface area (Å²) >= 11 is 8.61. The highest BCUT2D eigenvalue weighted by molar-refractivity contribution is 9.10. The van der Waals surface area contributed by atoms with Crippen molar-refractivity contribution in [3.63, 3.8) is 0 Å². The number of para-hydroxylation sites is 1. The lowest BCUT2D eigenvalue weighted by Crippen LogP contribution is -2.44. The van der Waals surface area contributed by atoms with Crippen LogP contribution < -0.4 is 9.47 Å². The number of hydrogen-bond donors (Lipinski definition) is 0. The molecule has 3 aromatic carbocycles. The molecule has 2 atom stereocenters. The minimum Gasteiger partial charge on any atom is -0.490 e. The molecule has 8 heteroatoms. The third-order valence-electron chi connectivity index (χ3n) is 7.14. The zero-order valence-electron chi connectivity index (χ0n) is 22.6. The van der Waals surface area contributed by atoms with Crippen molar-refractivity contribution in [3.05, 3.63) is 91.7 Å². The number of thioether (sulfide) groups is 1. The topological polar surface area (TPSA) is 51.1 Å². The number of carbonyl (C=O) groups is 1. The van der Waals surface area contributed by atoms with E-state index in [1.165, 1.54) is 18.2 Å². The molecule has 5 nitrogen and oxygen atoms in total. The van der Waals surface area contributed by atoms with E-state index >= 15 is 0 Å². The van der Waals surface area contributed by atoms with E-state index in [1.807, 2.05) is 84.6 Å². The predicted octanol–water partition coefficient (Wildman–Crippen LogP) is 9.37. The second kappa shape index (κ2) is 13.4. The number of amides is 1. The Morgan fingerprint density at radius 3 is 2.50 bits per heavy atom. The minimum atomic E-state index is 0.0167. The van der Waals surface area contributed by atoms with Crippen molar-refractivity contribution in [1.29, 1.82) is 0 Å². The second-order valence-corrected chi connectivity index (χ2v) is 12.8. The molecule has 3 aromatic rings. The van der Waals surface area contributed by atoms with Crippen molar-refractivity contribution in [3.8, 4) is 11.5 Å². The van der Waals surface area contributed by atoms with Crippen molar-refractivity contribution in [2.75, 3.05) is 6.61 Å². The number of nitrogens with zero attached hydrogens (tertiary/aromatic N) is 2. The van der Waals surface area contributed by atoms with E-state index in [0.29, 0.717) is 35.5 Å². The lowest BCUT2D eigenvalue weighted by Gasteiger charge is -2.35. The van der Waals surface area contributed by atoms with E-state index in [2.05, 4.69) is 38.8 Å². The zero-order chi connectivity index (χ0) is 28.1. The molecule has 2 aliphatic rings. The largest absolute Gasteiger partial charge is 0.490 e. The van der Waals surface area contributed by atoms with Crippen LogP contribution in [0.2, 0.25) is 0 Å². The molecule has 208 valence electrons. The number of amidine groups is 1. The number of rotatable bonds is 8. The lowest BCUT2D eigenvalue weighted by molar-refractivity contribution is -0.124. The van der Waals surface area contributed by atoms with Crippen LogP contribution in [-0.4, -0.2) is 28.6 Å². The van der Waals surface area contributed by atoms with Crippen LogP contribution in [0, 0.1) is 5.92 Å². The molecular formula is C32H32Br2N2O3S. The maximum atomic E-state index is 13.9. The molecule has 40 heavy (non-hydrogen) atoms. The van der Waals surface area contributed by atoms with Crippen molar-refractivity contribution < 1.29 is 14.3 Å². The van der Waals surface area contributed by atoms with Gasteiger partial charge in [-0.15, -0.1) is 0 Å². The summed E-state index contributed by atoms with van der Waals surface area (Å²) in [7, 11) is 0. The number of aliphatic imine (C=N–C) groups is 1. The lowest BCUT2D eigenvalue weighted by atomic mass is 9.85. The maximum absolute atomic E-state index is 13.9. The van der Waals surface area contributed by atoms with Crippen LogP contribution in [0.15, 0.2) is 85.6 Å². The summed E-state index contributed by atoms with van der Waals surface area (Å²) < 4.78 is 13.9. The number of benzene rings is 3. The van der Waals surface area contributed by atoms with Crippen LogP contribution in [0.1, 0.15) is 50.7 Å². The van der Waals surface area contributed by atoms with Gasteiger partial charge in [0.15, 0.2) is 16.7 Å². The summed E-state index contributed by atoms with van der Waals surface area (Å²) in [5.41, 5.74) is 2.76. The standard InChI is InChI=1S/C32H32Br2N2O3S/c1-3-38-28-18-23(17-26(34)30(28)39-20-22-13-15-24(33)16-14-22)19-29-31(37)36(27-12-8-7-9-21(27)2)32(40-29)35-25-10-5-4-6-11-25/h4-6,10-11,13-19,21,27H,3,7-9,12,20H2,1-2H3/b29-19-,35-32?/t21-,27-/m0/s1. The van der Waals surface area contributed by atoms with Crippen LogP contribution >= 0.6 is 43.6 Å². The molecule has 1 aliphatic heterocycles. The summed E-state index contributed by atoms with van der Waals surface area (Å²) in [6.07, 6.45) is 6.41. The first-order chi connectivity index (χ1) is 19.4. The molecule has 1 amide bonds. The zero-order valence-corrected chi connectivity index (χ0v) is 26.6. The van der Waals surface area contributed by atoms with E-state index in [9.17, 15) is 4.79 Å². The third-order valence-corrected chi connectivity index (χ3v) is 9.24. The molecule has 1 aliphatic carbocycles. The van der Waals surface area contributed by atoms with Crippen LogP contribution in [-0.2, 0) is 11.4 Å². The molecule has 0 N–H and O–H groups in total. The van der Waals surface area contributed by atoms with Gasteiger partial charge in [-0.25, -0.2) is 4.99 Å². The van der Waals surface area contributed by atoms with Gasteiger partial charge in [-0.1, -0.05) is 66.0 Å². The van der Waals surface area contributed by atoms with E-state index in [0.717, 1.165) is 50.2 Å². The highest BCUT2D eigenvalue weighted by Gasteiger charge is 2.41. The molecule has 5 rings (SSSR count). The number of halogens is 2. The van der Waals surface area contributed by atoms with Crippen LogP contribution in [0.25, 0.3) is 6.08 Å². The van der Waals surface area contributed by atoms with Gasteiger partial charge in [-0.05, 0) is 107 Å². The average molecular weight is 684 g/mol. The van der Waals surface area contributed by atoms with Crippen molar-refractivity contribution in [2.45, 2.75) is 52.2 Å². The number of hydrogen-bond acceptors (Lipinski definition) is 5. The summed E-state index contributed by atoms with van der Waals surface area (Å²) in [5, 5.41) is 0.750. The normalized spacial score (nSPS) is 21.3. The maximum Gasteiger partial charge on any atom is 0.267 e. The van der Waals surface area contributed by atoms with Gasteiger partial charge in [0.05, 0.1) is 21.7 Å². The summed E-state index contributed by atoms with van der Waals surface area (Å²) in [6, 6.07) is 22.0. The van der Waals surface area contributed by atoms with Crippen molar-refractivity contribution in [1.82, 2.24) is 4.90 Å². The molecule has 0 bridgehead atoms. The Balaban J connectivity index is 1.45. The van der Waals surface area contributed by atoms with E-state index in [4.69, 9.17) is 14.5 Å². The highest BCUT2D eigenvalue weighted by Crippen LogP contribution is 2.42. The molecule has 0 radical (unpaired) electrons. The Kier molecular flexibility index (Phi) is 9.71. The van der Waals surface area contributed by atoms with Crippen LogP contribution in [0.3, 0.4) is 0 Å². The second-order valence-electron chi connectivity index (χ2n) is 10.0. The van der Waals surface area contributed by atoms with Crippen molar-refractivity contribution >= 4 is 66.5 Å². The van der Waals surface area contributed by atoms with Gasteiger partial charge in [0.25, 0.3) is 5.91 Å². The van der Waals surface area contributed by atoms with Gasteiger partial charge in [0, 0.05) is 10.5 Å². The summed E-state index contributed by atoms with van der Waals surface area (Å²) in [6.45, 7) is 5.11. The quantitative estimate of drug-likeness (QED) is 0.222. The van der Waals surface area contributed by atoms with Crippen LogP contribution in [0.4, 0.5) is 5.69 Å². The Labute approximate surface area is 257 Å². The fourth-order valence-electron chi connectivity index (χ4n) is 5.11. The first kappa shape index (κ1) is 29.0. The highest BCUT2D eigenvalue weighted by atomic mass is 79.9. The van der Waals surface area contributed by atoms with Gasteiger partial charge in [-0.2, -0.15) is 0 Å². The molecule has 1 heterocycles. The van der Waals surface area contributed by atoms with E-state index in [-0.39, 0.29) is 11.9 Å². The fourth-order valence-corrected chi connectivity index (χ4v) is 7.00. The number of carbonyl (C=O) groups excluding carboxylic acids is 1. The first-order valence-electron chi connectivity index (χ1n) is 13.6. The Morgan fingerprint density at radius 1 is 1.02 bits per heavy atom. The van der Waals surface area contributed by atoms with Gasteiger partial charge < -0.3 is 9.47 Å². The molecule has 1 saturated heterocycles. The average Bonchev–Trinajstić information content (AvgIpc) is 3.24. The van der Waals surface area contributed by atoms with Crippen molar-refractivity contribution in [2.24, 2.45) is 10.9 Å². The molecule has 2 fully saturated rings. The Morgan fingerprint density at radius 2 is 1.77 bits per heavy atom. The fraction of sp³-hybridized carbons (Fsp3) is 0.312. The molecule has 1 saturated carbocycles. The smallest absolute Gasteiger partial charge is 0.267 e. The first-order valence-corrected chi connectivity index (χ1v) is 16.0. The van der Waals surface area contributed by atoms with Crippen LogP contribution in [0.5, 0.6) is 11.5 Å². The third kappa shape index (κ3) is 6.84. The van der Waals surface area contributed by atoms with Gasteiger partial charge in [-0.3, -0.25) is 9.69 Å². The van der Waals surface area contributed by atoms with Gasteiger partial charge in [0.1, 0.15) is 6.61 Å². The van der Waals surface area contributed by atoms with E-state index in [1.54, 1.807) is 0 Å². The molecular weight excluding hydrogens is 652 g/mol. The Hall–Kier alpha value is -2.55. The van der Waals surface area contributed by atoms with E-state index < -0.39 is 0 Å². The molecule has 0 spiro atoms. The van der Waals surface area contributed by atoms with Gasteiger partial charge in [0.2, 0.25) is 0 Å². The summed E-state index contributed by atoms with van der Waals surface area (Å²) in [4.78, 5) is 21.4. The number of ether oxygens (including phenoxy) is 2. The predicted molar refractivity (Wildman–Crippen MR) is 171 cm³/mol. The monoisotopic (exact) mass is 682 g/mol. The SMILES string of the molecule is CCOc1cc(/C=C2\SC(=Nc3ccccc3)N([C@H]3CCCC[C@@H]3C)C2=O)cc(Br)c1OCc1ccc(Br)cc1. The van der Waals surface area contributed by atoms with Gasteiger partial charge >= 0.3 is 0 Å². The molecule has 0 aromatic heterocycles. The summed E-state index contributed by atoms with van der Waals surface area (Å²) in [5.74, 6) is 1.72.